The normalized spacial score (nSPS) is 14.1. The number of carbonyl (C=O) groups is 4. The van der Waals surface area contributed by atoms with Crippen LogP contribution in [0.5, 0.6) is 0 Å². The van der Waals surface area contributed by atoms with Gasteiger partial charge in [-0.3, -0.25) is 16.0 Å². The number of hydrogen-bond acceptors (Lipinski definition) is 6. The average Bonchev–Trinajstić information content (AvgIpc) is 2.27. The van der Waals surface area contributed by atoms with E-state index < -0.39 is 35.4 Å². The van der Waals surface area contributed by atoms with Crippen molar-refractivity contribution in [1.82, 2.24) is 16.0 Å². The van der Waals surface area contributed by atoms with E-state index in [0.29, 0.717) is 0 Å². The zero-order valence-electron chi connectivity index (χ0n) is 8.95. The van der Waals surface area contributed by atoms with Crippen LogP contribution in [0.4, 0.5) is 9.59 Å². The Morgan fingerprint density at radius 1 is 0.882 bits per heavy atom. The molecule has 3 N–H and O–H groups in total. The highest BCUT2D eigenvalue weighted by molar-refractivity contribution is 6.16. The third-order valence-electron chi connectivity index (χ3n) is 1.73. The van der Waals surface area contributed by atoms with Crippen LogP contribution in [0.15, 0.2) is 11.4 Å². The fraction of sp³-hybridized carbons (Fsp3) is 0.250. The van der Waals surface area contributed by atoms with Crippen molar-refractivity contribution >= 4 is 24.0 Å². The van der Waals surface area contributed by atoms with Crippen molar-refractivity contribution < 1.29 is 28.7 Å². The van der Waals surface area contributed by atoms with Gasteiger partial charge in [-0.2, -0.15) is 0 Å². The number of esters is 2. The molecule has 1 rings (SSSR count). The number of rotatable bonds is 2. The average molecular weight is 243 g/mol. The van der Waals surface area contributed by atoms with Gasteiger partial charge < -0.3 is 9.47 Å². The Kier molecular flexibility index (Phi) is 3.65. The summed E-state index contributed by atoms with van der Waals surface area (Å²) in [5.74, 6) is -2.49. The largest absolute Gasteiger partial charge is 0.465 e. The molecule has 9 heteroatoms. The molecule has 17 heavy (non-hydrogen) atoms. The molecular formula is C8H9N3O6. The van der Waals surface area contributed by atoms with Crippen LogP contribution >= 0.6 is 0 Å². The van der Waals surface area contributed by atoms with Crippen LogP contribution in [0, 0.1) is 0 Å². The molecule has 4 amide bonds. The molecule has 1 aliphatic rings. The first kappa shape index (κ1) is 12.5. The molecule has 1 fully saturated rings. The molecule has 0 saturated carbocycles. The fourth-order valence-corrected chi connectivity index (χ4v) is 1.04. The number of carbonyl (C=O) groups excluding carboxylic acids is 4. The molecule has 1 heterocycles. The minimum absolute atomic E-state index is 0.391. The van der Waals surface area contributed by atoms with E-state index in [1.54, 1.807) is 0 Å². The van der Waals surface area contributed by atoms with Crippen molar-refractivity contribution in [3.8, 4) is 0 Å². The highest BCUT2D eigenvalue weighted by atomic mass is 16.5. The van der Waals surface area contributed by atoms with E-state index in [9.17, 15) is 19.2 Å². The van der Waals surface area contributed by atoms with Gasteiger partial charge in [-0.05, 0) is 0 Å². The summed E-state index contributed by atoms with van der Waals surface area (Å²) >= 11 is 0. The van der Waals surface area contributed by atoms with Crippen LogP contribution in [0.2, 0.25) is 0 Å². The second-order valence-corrected chi connectivity index (χ2v) is 2.77. The van der Waals surface area contributed by atoms with Gasteiger partial charge in [-0.25, -0.2) is 19.2 Å². The van der Waals surface area contributed by atoms with Crippen LogP contribution in [0.3, 0.4) is 0 Å². The molecule has 0 aliphatic carbocycles. The zero-order valence-corrected chi connectivity index (χ0v) is 8.95. The van der Waals surface area contributed by atoms with Crippen LogP contribution in [0.25, 0.3) is 0 Å². The van der Waals surface area contributed by atoms with Crippen LogP contribution in [-0.2, 0) is 19.1 Å². The number of methoxy groups -OCH3 is 2. The number of urea groups is 2. The van der Waals surface area contributed by atoms with E-state index in [-0.39, 0.29) is 0 Å². The van der Waals surface area contributed by atoms with Crippen molar-refractivity contribution in [3.05, 3.63) is 11.4 Å². The monoisotopic (exact) mass is 243 g/mol. The standard InChI is InChI=1S/C8H9N3O6/c1-16-5(12)3(6(13)17-2)4-9-7(14)11-8(15)10-4/h1-2H3,(H3,9,10,11,14,15). The van der Waals surface area contributed by atoms with E-state index in [1.165, 1.54) is 0 Å². The predicted molar refractivity (Wildman–Crippen MR) is 51.3 cm³/mol. The lowest BCUT2D eigenvalue weighted by atomic mass is 10.2. The number of nitrogens with one attached hydrogen (secondary N) is 3. The predicted octanol–water partition coefficient (Wildman–Crippen LogP) is -1.43. The molecule has 0 aromatic rings. The Balaban J connectivity index is 3.17. The van der Waals surface area contributed by atoms with Gasteiger partial charge in [0.1, 0.15) is 5.82 Å². The van der Waals surface area contributed by atoms with E-state index in [0.717, 1.165) is 14.2 Å². The molecule has 1 aliphatic heterocycles. The first-order valence-electron chi connectivity index (χ1n) is 4.29. The summed E-state index contributed by atoms with van der Waals surface area (Å²) in [5, 5.41) is 5.99. The highest BCUT2D eigenvalue weighted by Crippen LogP contribution is 2.06. The summed E-state index contributed by atoms with van der Waals surface area (Å²) < 4.78 is 8.68. The molecule has 0 atom stereocenters. The SMILES string of the molecule is COC(=O)C(C(=O)OC)=C1NC(=O)NC(=O)N1. The molecule has 0 unspecified atom stereocenters. The molecule has 0 spiro atoms. The summed E-state index contributed by atoms with van der Waals surface area (Å²) in [7, 11) is 2.08. The van der Waals surface area contributed by atoms with E-state index >= 15 is 0 Å². The fourth-order valence-electron chi connectivity index (χ4n) is 1.04. The highest BCUT2D eigenvalue weighted by Gasteiger charge is 2.30. The summed E-state index contributed by atoms with van der Waals surface area (Å²) in [5.41, 5.74) is -0.613. The van der Waals surface area contributed by atoms with Crippen LogP contribution in [0.1, 0.15) is 0 Å². The van der Waals surface area contributed by atoms with Gasteiger partial charge in [0.05, 0.1) is 14.2 Å². The first-order valence-corrected chi connectivity index (χ1v) is 4.29. The number of imide groups is 1. The maximum Gasteiger partial charge on any atom is 0.349 e. The van der Waals surface area contributed by atoms with Gasteiger partial charge in [0.15, 0.2) is 5.57 Å². The summed E-state index contributed by atoms with van der Waals surface area (Å²) in [4.78, 5) is 44.6. The molecule has 1 saturated heterocycles. The number of hydrogen-bond donors (Lipinski definition) is 3. The maximum atomic E-state index is 11.3. The van der Waals surface area contributed by atoms with Gasteiger partial charge in [0.2, 0.25) is 0 Å². The second kappa shape index (κ2) is 4.96. The topological polar surface area (TPSA) is 123 Å². The second-order valence-electron chi connectivity index (χ2n) is 2.77. The maximum absolute atomic E-state index is 11.3. The van der Waals surface area contributed by atoms with E-state index in [2.05, 4.69) is 20.1 Å². The third kappa shape index (κ3) is 2.71. The quantitative estimate of drug-likeness (QED) is 0.236. The van der Waals surface area contributed by atoms with Gasteiger partial charge >= 0.3 is 24.0 Å². The summed E-state index contributed by atoms with van der Waals surface area (Å²) in [6, 6.07) is -1.76. The minimum Gasteiger partial charge on any atom is -0.465 e. The van der Waals surface area contributed by atoms with Crippen molar-refractivity contribution in [2.24, 2.45) is 0 Å². The molecule has 0 radical (unpaired) electrons. The Morgan fingerprint density at radius 3 is 1.65 bits per heavy atom. The Bertz CT molecular complexity index is 391. The first-order chi connectivity index (χ1) is 7.99. The summed E-state index contributed by atoms with van der Waals surface area (Å²) in [6.45, 7) is 0. The van der Waals surface area contributed by atoms with E-state index in [4.69, 9.17) is 0 Å². The number of amides is 4. The van der Waals surface area contributed by atoms with Crippen molar-refractivity contribution in [1.29, 1.82) is 0 Å². The Morgan fingerprint density at radius 2 is 1.29 bits per heavy atom. The molecular weight excluding hydrogens is 234 g/mol. The smallest absolute Gasteiger partial charge is 0.349 e. The Hall–Kier alpha value is -2.58. The molecule has 0 aromatic carbocycles. The van der Waals surface area contributed by atoms with Gasteiger partial charge in [0, 0.05) is 0 Å². The molecule has 9 nitrogen and oxygen atoms in total. The molecule has 92 valence electrons. The molecule has 0 bridgehead atoms. The number of ether oxygens (including phenoxy) is 2. The lowest BCUT2D eigenvalue weighted by Gasteiger charge is -2.19. The van der Waals surface area contributed by atoms with Crippen LogP contribution in [-0.4, -0.2) is 38.2 Å². The van der Waals surface area contributed by atoms with Crippen molar-refractivity contribution in [2.75, 3.05) is 14.2 Å². The zero-order chi connectivity index (χ0) is 13.0. The summed E-state index contributed by atoms with van der Waals surface area (Å²) in [6.07, 6.45) is 0. The lowest BCUT2D eigenvalue weighted by molar-refractivity contribution is -0.144. The Labute approximate surface area is 95.1 Å². The lowest BCUT2D eigenvalue weighted by Crippen LogP contribution is -2.54. The minimum atomic E-state index is -1.05. The van der Waals surface area contributed by atoms with Crippen molar-refractivity contribution in [2.45, 2.75) is 0 Å². The molecule has 0 aromatic heterocycles. The van der Waals surface area contributed by atoms with Gasteiger partial charge in [-0.15, -0.1) is 0 Å². The van der Waals surface area contributed by atoms with Crippen LogP contribution < -0.4 is 16.0 Å². The van der Waals surface area contributed by atoms with Gasteiger partial charge in [-0.1, -0.05) is 0 Å². The van der Waals surface area contributed by atoms with E-state index in [1.807, 2.05) is 5.32 Å². The third-order valence-corrected chi connectivity index (χ3v) is 1.73. The van der Waals surface area contributed by atoms with Crippen molar-refractivity contribution in [3.63, 3.8) is 0 Å². The van der Waals surface area contributed by atoms with Gasteiger partial charge in [0.25, 0.3) is 0 Å².